The summed E-state index contributed by atoms with van der Waals surface area (Å²) in [5, 5.41) is 59.2. The van der Waals surface area contributed by atoms with Crippen LogP contribution in [-0.4, -0.2) is 68.0 Å². The van der Waals surface area contributed by atoms with Crippen LogP contribution in [0.3, 0.4) is 0 Å². The maximum absolute atomic E-state index is 12.5. The molecule has 2 heterocycles. The highest BCUT2D eigenvalue weighted by Crippen LogP contribution is 2.42. The zero-order valence-electron chi connectivity index (χ0n) is 16.0. The van der Waals surface area contributed by atoms with E-state index in [1.165, 1.54) is 6.07 Å². The first-order valence-corrected chi connectivity index (χ1v) is 9.37. The smallest absolute Gasteiger partial charge is 0.229 e. The van der Waals surface area contributed by atoms with Crippen molar-refractivity contribution in [1.29, 1.82) is 0 Å². The first-order valence-electron chi connectivity index (χ1n) is 9.37. The number of aromatic hydroxyl groups is 2. The Labute approximate surface area is 174 Å². The van der Waals surface area contributed by atoms with Gasteiger partial charge in [0.1, 0.15) is 41.1 Å². The van der Waals surface area contributed by atoms with Gasteiger partial charge in [-0.15, -0.1) is 0 Å². The van der Waals surface area contributed by atoms with E-state index in [0.29, 0.717) is 5.56 Å². The van der Waals surface area contributed by atoms with E-state index < -0.39 is 60.0 Å². The van der Waals surface area contributed by atoms with E-state index in [1.54, 1.807) is 30.3 Å². The van der Waals surface area contributed by atoms with Crippen molar-refractivity contribution < 1.29 is 44.5 Å². The van der Waals surface area contributed by atoms with E-state index in [-0.39, 0.29) is 16.7 Å². The average Bonchev–Trinajstić information content (AvgIpc) is 3.05. The molecule has 0 bridgehead atoms. The van der Waals surface area contributed by atoms with Crippen molar-refractivity contribution in [2.45, 2.75) is 30.7 Å². The number of benzene rings is 2. The van der Waals surface area contributed by atoms with Gasteiger partial charge in [-0.2, -0.15) is 0 Å². The zero-order chi connectivity index (χ0) is 22.3. The van der Waals surface area contributed by atoms with Gasteiger partial charge in [-0.3, -0.25) is 4.79 Å². The quantitative estimate of drug-likeness (QED) is 0.303. The Morgan fingerprint density at radius 2 is 1.74 bits per heavy atom. The van der Waals surface area contributed by atoms with Crippen molar-refractivity contribution in [3.63, 3.8) is 0 Å². The van der Waals surface area contributed by atoms with Crippen LogP contribution in [0.4, 0.5) is 0 Å². The second-order valence-corrected chi connectivity index (χ2v) is 7.10. The van der Waals surface area contributed by atoms with Crippen molar-refractivity contribution in [3.8, 4) is 28.6 Å². The molecule has 4 rings (SSSR count). The second kappa shape index (κ2) is 8.17. The van der Waals surface area contributed by atoms with Crippen LogP contribution < -0.4 is 10.2 Å². The number of aliphatic hydroxyl groups is 4. The largest absolute Gasteiger partial charge is 0.504 e. The third-order valence-electron chi connectivity index (χ3n) is 5.06. The lowest BCUT2D eigenvalue weighted by Gasteiger charge is -2.19. The third kappa shape index (κ3) is 3.71. The Morgan fingerprint density at radius 3 is 2.42 bits per heavy atom. The minimum Gasteiger partial charge on any atom is -0.504 e. The first kappa shape index (κ1) is 21.1. The summed E-state index contributed by atoms with van der Waals surface area (Å²) in [5.74, 6) is -1.77. The van der Waals surface area contributed by atoms with Crippen LogP contribution in [0, 0.1) is 0 Å². The SMILES string of the molecule is O=c1cc(-c2ccccc2)oc2cc(O[C@@H]3O[C@H]([C@H](O)CO)[C@H](O)[C@H]3O)c(O)c(O)c12. The summed E-state index contributed by atoms with van der Waals surface area (Å²) >= 11 is 0. The molecule has 10 nitrogen and oxygen atoms in total. The van der Waals surface area contributed by atoms with Crippen molar-refractivity contribution in [1.82, 2.24) is 0 Å². The van der Waals surface area contributed by atoms with E-state index in [0.717, 1.165) is 6.07 Å². The predicted octanol–water partition coefficient (Wildman–Crippen LogP) is 0.0499. The molecule has 3 aromatic rings. The fourth-order valence-corrected chi connectivity index (χ4v) is 3.42. The van der Waals surface area contributed by atoms with Crippen molar-refractivity contribution >= 4 is 11.0 Å². The number of phenolic OH excluding ortho intramolecular Hbond substituents is 2. The normalized spacial score (nSPS) is 24.4. The summed E-state index contributed by atoms with van der Waals surface area (Å²) in [4.78, 5) is 12.5. The minimum absolute atomic E-state index is 0.100. The van der Waals surface area contributed by atoms with E-state index in [2.05, 4.69) is 0 Å². The maximum Gasteiger partial charge on any atom is 0.229 e. The van der Waals surface area contributed by atoms with Crippen LogP contribution in [0.15, 0.2) is 51.7 Å². The highest BCUT2D eigenvalue weighted by Gasteiger charge is 2.47. The molecule has 1 saturated heterocycles. The standard InChI is InChI=1S/C21H20O10/c22-8-11(24)20-18(27)19(28)21(31-20)30-14-7-13-15(17(26)16(14)25)10(23)6-12(29-13)9-4-2-1-3-5-9/h1-7,11,18-22,24-28H,8H2/t11-,18-,19-,20-,21-/m1/s1. The highest BCUT2D eigenvalue weighted by atomic mass is 16.7. The molecule has 10 heteroatoms. The van der Waals surface area contributed by atoms with Gasteiger partial charge in [0, 0.05) is 17.7 Å². The van der Waals surface area contributed by atoms with E-state index >= 15 is 0 Å². The Bertz CT molecular complexity index is 1140. The Kier molecular flexibility index (Phi) is 5.56. The first-order chi connectivity index (χ1) is 14.8. The molecule has 0 amide bonds. The molecular weight excluding hydrogens is 412 g/mol. The topological polar surface area (TPSA) is 170 Å². The molecule has 0 unspecified atom stereocenters. The predicted molar refractivity (Wildman–Crippen MR) is 106 cm³/mol. The molecule has 6 N–H and O–H groups in total. The lowest BCUT2D eigenvalue weighted by molar-refractivity contribution is -0.137. The average molecular weight is 432 g/mol. The highest BCUT2D eigenvalue weighted by molar-refractivity contribution is 5.89. The van der Waals surface area contributed by atoms with Crippen LogP contribution in [0.2, 0.25) is 0 Å². The maximum atomic E-state index is 12.5. The van der Waals surface area contributed by atoms with Crippen molar-refractivity contribution in [2.75, 3.05) is 6.61 Å². The monoisotopic (exact) mass is 432 g/mol. The minimum atomic E-state index is -1.63. The van der Waals surface area contributed by atoms with Crippen LogP contribution in [0.25, 0.3) is 22.3 Å². The number of fused-ring (bicyclic) bond motifs is 1. The molecular formula is C21H20O10. The fourth-order valence-electron chi connectivity index (χ4n) is 3.42. The molecule has 1 fully saturated rings. The van der Waals surface area contributed by atoms with Crippen LogP contribution >= 0.6 is 0 Å². The van der Waals surface area contributed by atoms with Gasteiger partial charge in [0.25, 0.3) is 0 Å². The van der Waals surface area contributed by atoms with E-state index in [4.69, 9.17) is 19.0 Å². The molecule has 0 radical (unpaired) electrons. The molecule has 1 aliphatic rings. The fraction of sp³-hybridized carbons (Fsp3) is 0.286. The number of phenols is 2. The number of ether oxygens (including phenoxy) is 2. The van der Waals surface area contributed by atoms with Crippen molar-refractivity contribution in [3.05, 3.63) is 52.7 Å². The zero-order valence-corrected chi connectivity index (χ0v) is 16.0. The Balaban J connectivity index is 1.73. The summed E-state index contributed by atoms with van der Waals surface area (Å²) in [5.41, 5.74) is -0.0928. The van der Waals surface area contributed by atoms with Gasteiger partial charge in [0.15, 0.2) is 16.9 Å². The molecule has 164 valence electrons. The number of aliphatic hydroxyl groups excluding tert-OH is 4. The lowest BCUT2D eigenvalue weighted by Crippen LogP contribution is -2.40. The van der Waals surface area contributed by atoms with Crippen molar-refractivity contribution in [2.24, 2.45) is 0 Å². The number of rotatable bonds is 5. The van der Waals surface area contributed by atoms with Gasteiger partial charge in [-0.1, -0.05) is 30.3 Å². The second-order valence-electron chi connectivity index (χ2n) is 7.10. The van der Waals surface area contributed by atoms with E-state index in [1.807, 2.05) is 0 Å². The molecule has 1 aromatic heterocycles. The van der Waals surface area contributed by atoms with Crippen LogP contribution in [0.5, 0.6) is 17.2 Å². The van der Waals surface area contributed by atoms with E-state index in [9.17, 15) is 30.3 Å². The number of hydrogen-bond donors (Lipinski definition) is 6. The third-order valence-corrected chi connectivity index (χ3v) is 5.06. The molecule has 31 heavy (non-hydrogen) atoms. The Hall–Kier alpha value is -3.15. The van der Waals surface area contributed by atoms with Crippen LogP contribution in [-0.2, 0) is 4.74 Å². The Morgan fingerprint density at radius 1 is 1.03 bits per heavy atom. The van der Waals surface area contributed by atoms with Gasteiger partial charge >= 0.3 is 0 Å². The summed E-state index contributed by atoms with van der Waals surface area (Å²) in [7, 11) is 0. The lowest BCUT2D eigenvalue weighted by atomic mass is 10.1. The number of hydrogen-bond acceptors (Lipinski definition) is 10. The summed E-state index contributed by atoms with van der Waals surface area (Å²) in [6.07, 6.45) is -7.59. The molecule has 1 aliphatic heterocycles. The van der Waals surface area contributed by atoms with Gasteiger partial charge in [-0.05, 0) is 0 Å². The summed E-state index contributed by atoms with van der Waals surface area (Å²) in [6, 6.07) is 11.1. The van der Waals surface area contributed by atoms with Gasteiger partial charge in [-0.25, -0.2) is 0 Å². The van der Waals surface area contributed by atoms with Gasteiger partial charge in [0.2, 0.25) is 12.0 Å². The summed E-state index contributed by atoms with van der Waals surface area (Å²) in [6.45, 7) is -0.726. The van der Waals surface area contributed by atoms with Gasteiger partial charge < -0.3 is 44.5 Å². The van der Waals surface area contributed by atoms with Crippen LogP contribution in [0.1, 0.15) is 0 Å². The molecule has 0 aliphatic carbocycles. The summed E-state index contributed by atoms with van der Waals surface area (Å²) < 4.78 is 16.4. The van der Waals surface area contributed by atoms with Gasteiger partial charge in [0.05, 0.1) is 6.61 Å². The molecule has 2 aromatic carbocycles. The molecule has 0 saturated carbocycles. The molecule has 5 atom stereocenters. The molecule has 0 spiro atoms.